The summed E-state index contributed by atoms with van der Waals surface area (Å²) in [5, 5.41) is 40.9. The SMILES string of the molecule is O=C(COc1ccc(-c2ccccc2)cc1)N[C@@H]1O[C@H](CO)[C@@H](O)[C@H](O)[C@H]1O. The number of hydrogen-bond donors (Lipinski definition) is 5. The summed E-state index contributed by atoms with van der Waals surface area (Å²) in [7, 11) is 0. The maximum Gasteiger partial charge on any atom is 0.259 e. The summed E-state index contributed by atoms with van der Waals surface area (Å²) < 4.78 is 10.6. The minimum absolute atomic E-state index is 0.334. The van der Waals surface area contributed by atoms with Gasteiger partial charge in [-0.2, -0.15) is 0 Å². The Morgan fingerprint density at radius 2 is 1.57 bits per heavy atom. The Labute approximate surface area is 162 Å². The molecule has 8 heteroatoms. The lowest BCUT2D eigenvalue weighted by molar-refractivity contribution is -0.236. The average molecular weight is 389 g/mol. The maximum atomic E-state index is 12.1. The smallest absolute Gasteiger partial charge is 0.259 e. The van der Waals surface area contributed by atoms with Crippen LogP contribution in [0.2, 0.25) is 0 Å². The van der Waals surface area contributed by atoms with Crippen molar-refractivity contribution in [2.75, 3.05) is 13.2 Å². The van der Waals surface area contributed by atoms with Gasteiger partial charge in [-0.25, -0.2) is 0 Å². The molecule has 150 valence electrons. The zero-order chi connectivity index (χ0) is 20.1. The molecule has 0 spiro atoms. The minimum atomic E-state index is -1.55. The van der Waals surface area contributed by atoms with Crippen LogP contribution in [0.1, 0.15) is 0 Å². The fourth-order valence-electron chi connectivity index (χ4n) is 2.94. The van der Waals surface area contributed by atoms with E-state index in [9.17, 15) is 20.1 Å². The first-order valence-corrected chi connectivity index (χ1v) is 8.88. The maximum absolute atomic E-state index is 12.1. The number of rotatable bonds is 6. The predicted molar refractivity (Wildman–Crippen MR) is 99.3 cm³/mol. The number of aliphatic hydroxyl groups is 4. The van der Waals surface area contributed by atoms with Gasteiger partial charge in [-0.15, -0.1) is 0 Å². The number of benzene rings is 2. The summed E-state index contributed by atoms with van der Waals surface area (Å²) in [4.78, 5) is 12.1. The van der Waals surface area contributed by atoms with E-state index in [1.54, 1.807) is 12.1 Å². The zero-order valence-electron chi connectivity index (χ0n) is 15.0. The van der Waals surface area contributed by atoms with Crippen LogP contribution in [-0.2, 0) is 9.53 Å². The molecule has 0 radical (unpaired) electrons. The van der Waals surface area contributed by atoms with E-state index in [1.165, 1.54) is 0 Å². The van der Waals surface area contributed by atoms with Crippen LogP contribution in [0.5, 0.6) is 5.75 Å². The molecule has 0 saturated carbocycles. The summed E-state index contributed by atoms with van der Waals surface area (Å²) in [6.07, 6.45) is -6.93. The Morgan fingerprint density at radius 1 is 0.929 bits per heavy atom. The molecule has 1 aliphatic heterocycles. The lowest BCUT2D eigenvalue weighted by Crippen LogP contribution is -2.63. The Bertz CT molecular complexity index is 766. The van der Waals surface area contributed by atoms with Crippen molar-refractivity contribution in [1.82, 2.24) is 5.32 Å². The van der Waals surface area contributed by atoms with Gasteiger partial charge in [0.25, 0.3) is 5.91 Å². The van der Waals surface area contributed by atoms with Gasteiger partial charge in [0.1, 0.15) is 30.2 Å². The van der Waals surface area contributed by atoms with Crippen molar-refractivity contribution < 1.29 is 34.7 Å². The van der Waals surface area contributed by atoms with Gasteiger partial charge in [0.05, 0.1) is 6.61 Å². The molecule has 0 aliphatic carbocycles. The third kappa shape index (κ3) is 4.67. The van der Waals surface area contributed by atoms with Gasteiger partial charge in [-0.3, -0.25) is 4.79 Å². The summed E-state index contributed by atoms with van der Waals surface area (Å²) in [5.41, 5.74) is 2.08. The Kier molecular flexibility index (Phi) is 6.61. The van der Waals surface area contributed by atoms with Crippen LogP contribution < -0.4 is 10.1 Å². The van der Waals surface area contributed by atoms with Gasteiger partial charge in [0.2, 0.25) is 0 Å². The number of aliphatic hydroxyl groups excluding tert-OH is 4. The van der Waals surface area contributed by atoms with Crippen molar-refractivity contribution >= 4 is 5.91 Å². The average Bonchev–Trinajstić information content (AvgIpc) is 2.73. The zero-order valence-corrected chi connectivity index (χ0v) is 15.0. The van der Waals surface area contributed by atoms with Crippen LogP contribution in [0.15, 0.2) is 54.6 Å². The molecule has 0 bridgehead atoms. The summed E-state index contributed by atoms with van der Waals surface area (Å²) >= 11 is 0. The van der Waals surface area contributed by atoms with Crippen LogP contribution in [-0.4, -0.2) is 70.2 Å². The topological polar surface area (TPSA) is 128 Å². The fourth-order valence-corrected chi connectivity index (χ4v) is 2.94. The molecule has 5 atom stereocenters. The van der Waals surface area contributed by atoms with Gasteiger partial charge in [-0.05, 0) is 23.3 Å². The normalized spacial score (nSPS) is 27.2. The van der Waals surface area contributed by atoms with E-state index in [0.29, 0.717) is 5.75 Å². The van der Waals surface area contributed by atoms with E-state index in [-0.39, 0.29) is 6.61 Å². The van der Waals surface area contributed by atoms with E-state index in [4.69, 9.17) is 14.6 Å². The van der Waals surface area contributed by atoms with Crippen molar-refractivity contribution in [3.8, 4) is 16.9 Å². The van der Waals surface area contributed by atoms with Crippen LogP contribution in [0.4, 0.5) is 0 Å². The van der Waals surface area contributed by atoms with Crippen LogP contribution in [0.25, 0.3) is 11.1 Å². The monoisotopic (exact) mass is 389 g/mol. The van der Waals surface area contributed by atoms with Crippen LogP contribution >= 0.6 is 0 Å². The summed E-state index contributed by atoms with van der Waals surface area (Å²) in [5.74, 6) is -0.0971. The van der Waals surface area contributed by atoms with Crippen molar-refractivity contribution in [1.29, 1.82) is 0 Å². The number of nitrogens with one attached hydrogen (secondary N) is 1. The Hall–Kier alpha value is -2.49. The van der Waals surface area contributed by atoms with Gasteiger partial charge in [0.15, 0.2) is 12.8 Å². The Morgan fingerprint density at radius 3 is 2.21 bits per heavy atom. The second-order valence-corrected chi connectivity index (χ2v) is 6.50. The molecule has 8 nitrogen and oxygen atoms in total. The second-order valence-electron chi connectivity index (χ2n) is 6.50. The molecule has 0 unspecified atom stereocenters. The van der Waals surface area contributed by atoms with E-state index < -0.39 is 43.2 Å². The first-order valence-electron chi connectivity index (χ1n) is 8.88. The highest BCUT2D eigenvalue weighted by Gasteiger charge is 2.43. The van der Waals surface area contributed by atoms with Gasteiger partial charge in [0, 0.05) is 0 Å². The first-order chi connectivity index (χ1) is 13.5. The second kappa shape index (κ2) is 9.13. The molecule has 2 aromatic rings. The molecule has 5 N–H and O–H groups in total. The highest BCUT2D eigenvalue weighted by atomic mass is 16.6. The molecule has 1 saturated heterocycles. The Balaban J connectivity index is 1.53. The van der Waals surface area contributed by atoms with E-state index >= 15 is 0 Å². The van der Waals surface area contributed by atoms with Crippen molar-refractivity contribution in [2.45, 2.75) is 30.6 Å². The number of carbonyl (C=O) groups excluding carboxylic acids is 1. The molecule has 1 aliphatic rings. The molecular weight excluding hydrogens is 366 g/mol. The third-order valence-corrected chi connectivity index (χ3v) is 4.53. The molecule has 2 aromatic carbocycles. The minimum Gasteiger partial charge on any atom is -0.484 e. The molecule has 28 heavy (non-hydrogen) atoms. The van der Waals surface area contributed by atoms with Gasteiger partial charge in [-0.1, -0.05) is 42.5 Å². The third-order valence-electron chi connectivity index (χ3n) is 4.53. The van der Waals surface area contributed by atoms with Crippen molar-refractivity contribution in [2.24, 2.45) is 0 Å². The number of carbonyl (C=O) groups is 1. The van der Waals surface area contributed by atoms with Crippen molar-refractivity contribution in [3.05, 3.63) is 54.6 Å². The van der Waals surface area contributed by atoms with E-state index in [0.717, 1.165) is 11.1 Å². The van der Waals surface area contributed by atoms with Crippen LogP contribution in [0.3, 0.4) is 0 Å². The molecule has 0 aromatic heterocycles. The number of ether oxygens (including phenoxy) is 2. The first kappa shape index (κ1) is 20.2. The largest absolute Gasteiger partial charge is 0.484 e. The van der Waals surface area contributed by atoms with Gasteiger partial charge >= 0.3 is 0 Å². The van der Waals surface area contributed by atoms with E-state index in [2.05, 4.69) is 5.32 Å². The quantitative estimate of drug-likeness (QED) is 0.457. The fraction of sp³-hybridized carbons (Fsp3) is 0.350. The highest BCUT2D eigenvalue weighted by molar-refractivity contribution is 5.77. The lowest BCUT2D eigenvalue weighted by Gasteiger charge is -2.40. The highest BCUT2D eigenvalue weighted by Crippen LogP contribution is 2.22. The van der Waals surface area contributed by atoms with E-state index in [1.807, 2.05) is 42.5 Å². The number of amides is 1. The molecule has 1 fully saturated rings. The predicted octanol–water partition coefficient (Wildman–Crippen LogP) is -0.352. The summed E-state index contributed by atoms with van der Waals surface area (Å²) in [6, 6.07) is 17.0. The standard InChI is InChI=1S/C20H23NO7/c22-10-15-17(24)18(25)19(26)20(28-15)21-16(23)11-27-14-8-6-13(7-9-14)12-4-2-1-3-5-12/h1-9,15,17-20,22,24-26H,10-11H2,(H,21,23)/t15-,17-,18+,19-,20-/m1/s1. The molecule has 3 rings (SSSR count). The molecule has 1 heterocycles. The van der Waals surface area contributed by atoms with Crippen molar-refractivity contribution in [3.63, 3.8) is 0 Å². The van der Waals surface area contributed by atoms with Crippen LogP contribution in [0, 0.1) is 0 Å². The number of hydrogen-bond acceptors (Lipinski definition) is 7. The molecular formula is C20H23NO7. The summed E-state index contributed by atoms with van der Waals surface area (Å²) in [6.45, 7) is -0.902. The lowest BCUT2D eigenvalue weighted by atomic mass is 9.98. The van der Waals surface area contributed by atoms with Gasteiger partial charge < -0.3 is 35.2 Å². The molecule has 1 amide bonds.